The molecule has 0 unspecified atom stereocenters. The lowest BCUT2D eigenvalue weighted by Crippen LogP contribution is -2.46. The molecule has 1 aromatic rings. The average molecular weight is 376 g/mol. The molecule has 0 aromatic heterocycles. The van der Waals surface area contributed by atoms with Crippen molar-refractivity contribution < 1.29 is 24.2 Å². The molecule has 1 aromatic carbocycles. The molecular formula is C18H24N4O5. The van der Waals surface area contributed by atoms with Gasteiger partial charge in [0.05, 0.1) is 18.6 Å². The SMILES string of the molecule is N#CCCC[C@@H](NC(=O)C[C@@H](O)CNC(=O)OCc1ccccc1)C(N)=O. The van der Waals surface area contributed by atoms with Crippen LogP contribution in [0.1, 0.15) is 31.2 Å². The van der Waals surface area contributed by atoms with Crippen molar-refractivity contribution in [1.29, 1.82) is 5.26 Å². The standard InChI is InChI=1S/C18H24N4O5/c19-9-5-4-8-15(17(20)25)22-16(24)10-14(23)11-21-18(26)27-12-13-6-2-1-3-7-13/h1-3,6-7,14-15,23H,4-5,8,10-12H2,(H2,20,25)(H,21,26)(H,22,24)/t14-,15-/m1/s1. The molecule has 5 N–H and O–H groups in total. The van der Waals surface area contributed by atoms with Crippen LogP contribution in [0.3, 0.4) is 0 Å². The molecule has 0 fully saturated rings. The van der Waals surface area contributed by atoms with Crippen molar-refractivity contribution >= 4 is 17.9 Å². The molecule has 1 rings (SSSR count). The van der Waals surface area contributed by atoms with Crippen molar-refractivity contribution in [2.24, 2.45) is 5.73 Å². The Kier molecular flexibility index (Phi) is 9.96. The van der Waals surface area contributed by atoms with Crippen LogP contribution in [0.2, 0.25) is 0 Å². The molecule has 27 heavy (non-hydrogen) atoms. The van der Waals surface area contributed by atoms with E-state index < -0.39 is 30.1 Å². The first-order valence-corrected chi connectivity index (χ1v) is 8.50. The Hall–Kier alpha value is -3.12. The summed E-state index contributed by atoms with van der Waals surface area (Å²) < 4.78 is 4.99. The first kappa shape index (κ1) is 21.9. The molecule has 0 saturated carbocycles. The summed E-state index contributed by atoms with van der Waals surface area (Å²) in [6, 6.07) is 10.1. The monoisotopic (exact) mass is 376 g/mol. The summed E-state index contributed by atoms with van der Waals surface area (Å²) in [5, 5.41) is 23.1. The van der Waals surface area contributed by atoms with E-state index in [9.17, 15) is 19.5 Å². The topological polar surface area (TPSA) is 155 Å². The van der Waals surface area contributed by atoms with Crippen LogP contribution in [0.5, 0.6) is 0 Å². The van der Waals surface area contributed by atoms with Crippen LogP contribution in [-0.4, -0.2) is 41.7 Å². The number of aliphatic hydroxyl groups excluding tert-OH is 1. The third-order valence-electron chi connectivity index (χ3n) is 3.58. The number of hydrogen-bond acceptors (Lipinski definition) is 6. The Labute approximate surface area is 157 Å². The van der Waals surface area contributed by atoms with Crippen LogP contribution in [0.4, 0.5) is 4.79 Å². The van der Waals surface area contributed by atoms with E-state index in [4.69, 9.17) is 15.7 Å². The van der Waals surface area contributed by atoms with Crippen LogP contribution >= 0.6 is 0 Å². The lowest BCUT2D eigenvalue weighted by molar-refractivity contribution is -0.128. The fraction of sp³-hybridized carbons (Fsp3) is 0.444. The van der Waals surface area contributed by atoms with Gasteiger partial charge in [-0.3, -0.25) is 9.59 Å². The van der Waals surface area contributed by atoms with Crippen LogP contribution in [0, 0.1) is 11.3 Å². The van der Waals surface area contributed by atoms with Crippen LogP contribution in [0.25, 0.3) is 0 Å². The maximum Gasteiger partial charge on any atom is 0.407 e. The van der Waals surface area contributed by atoms with Gasteiger partial charge in [0.2, 0.25) is 11.8 Å². The summed E-state index contributed by atoms with van der Waals surface area (Å²) in [4.78, 5) is 34.8. The van der Waals surface area contributed by atoms with Gasteiger partial charge in [-0.05, 0) is 18.4 Å². The number of carbonyl (C=O) groups is 3. The number of benzene rings is 1. The van der Waals surface area contributed by atoms with Crippen LogP contribution in [-0.2, 0) is 20.9 Å². The Morgan fingerprint density at radius 1 is 1.26 bits per heavy atom. The summed E-state index contributed by atoms with van der Waals surface area (Å²) in [6.45, 7) is -0.0943. The predicted octanol–water partition coefficient (Wildman–Crippen LogP) is 0.328. The number of ether oxygens (including phenoxy) is 1. The van der Waals surface area contributed by atoms with Crippen LogP contribution < -0.4 is 16.4 Å². The number of hydrogen-bond donors (Lipinski definition) is 4. The number of rotatable bonds is 11. The third-order valence-corrected chi connectivity index (χ3v) is 3.58. The Balaban J connectivity index is 2.28. The summed E-state index contributed by atoms with van der Waals surface area (Å²) in [5.74, 6) is -1.29. The first-order chi connectivity index (χ1) is 12.9. The van der Waals surface area contributed by atoms with E-state index in [0.29, 0.717) is 6.42 Å². The van der Waals surface area contributed by atoms with Gasteiger partial charge in [0.25, 0.3) is 0 Å². The smallest absolute Gasteiger partial charge is 0.407 e. The van der Waals surface area contributed by atoms with Crippen molar-refractivity contribution in [2.45, 2.75) is 44.4 Å². The lowest BCUT2D eigenvalue weighted by Gasteiger charge is -2.17. The zero-order valence-electron chi connectivity index (χ0n) is 14.9. The first-order valence-electron chi connectivity index (χ1n) is 8.50. The molecule has 0 radical (unpaired) electrons. The van der Waals surface area contributed by atoms with Gasteiger partial charge in [-0.15, -0.1) is 0 Å². The van der Waals surface area contributed by atoms with Gasteiger partial charge < -0.3 is 26.2 Å². The van der Waals surface area contributed by atoms with Crippen LogP contribution in [0.15, 0.2) is 30.3 Å². The Morgan fingerprint density at radius 3 is 2.59 bits per heavy atom. The molecule has 0 aliphatic heterocycles. The molecule has 9 heteroatoms. The van der Waals surface area contributed by atoms with E-state index in [2.05, 4.69) is 10.6 Å². The van der Waals surface area contributed by atoms with Crippen molar-refractivity contribution in [3.8, 4) is 6.07 Å². The zero-order valence-corrected chi connectivity index (χ0v) is 14.9. The van der Waals surface area contributed by atoms with E-state index in [1.165, 1.54) is 0 Å². The number of amides is 3. The second-order valence-electron chi connectivity index (χ2n) is 5.87. The average Bonchev–Trinajstić information content (AvgIpc) is 2.64. The van der Waals surface area contributed by atoms with Crippen molar-refractivity contribution in [1.82, 2.24) is 10.6 Å². The fourth-order valence-corrected chi connectivity index (χ4v) is 2.19. The maximum absolute atomic E-state index is 11.9. The maximum atomic E-state index is 11.9. The number of nitrogens with zero attached hydrogens (tertiary/aromatic N) is 1. The van der Waals surface area contributed by atoms with Crippen molar-refractivity contribution in [3.63, 3.8) is 0 Å². The molecule has 2 atom stereocenters. The number of nitrogens with two attached hydrogens (primary N) is 1. The van der Waals surface area contributed by atoms with Gasteiger partial charge in [-0.1, -0.05) is 30.3 Å². The lowest BCUT2D eigenvalue weighted by atomic mass is 10.1. The minimum atomic E-state index is -1.15. The summed E-state index contributed by atoms with van der Waals surface area (Å²) in [7, 11) is 0. The van der Waals surface area contributed by atoms with E-state index in [0.717, 1.165) is 5.56 Å². The number of unbranched alkanes of at least 4 members (excludes halogenated alkanes) is 1. The molecule has 0 aliphatic rings. The molecule has 0 heterocycles. The van der Waals surface area contributed by atoms with Crippen molar-refractivity contribution in [2.75, 3.05) is 6.54 Å². The summed E-state index contributed by atoms with van der Waals surface area (Å²) >= 11 is 0. The highest BCUT2D eigenvalue weighted by atomic mass is 16.5. The highest BCUT2D eigenvalue weighted by Gasteiger charge is 2.20. The number of primary amides is 1. The quantitative estimate of drug-likeness (QED) is 0.408. The number of nitrogens with one attached hydrogen (secondary N) is 2. The third kappa shape index (κ3) is 9.81. The van der Waals surface area contributed by atoms with Gasteiger partial charge in [0, 0.05) is 13.0 Å². The molecule has 9 nitrogen and oxygen atoms in total. The molecular weight excluding hydrogens is 352 g/mol. The van der Waals surface area contributed by atoms with Gasteiger partial charge in [-0.25, -0.2) is 4.79 Å². The molecule has 0 aliphatic carbocycles. The Bertz CT molecular complexity index is 659. The minimum absolute atomic E-state index is 0.0895. The van der Waals surface area contributed by atoms with Gasteiger partial charge in [0.1, 0.15) is 12.6 Å². The molecule has 0 spiro atoms. The minimum Gasteiger partial charge on any atom is -0.445 e. The summed E-state index contributed by atoms with van der Waals surface area (Å²) in [6.07, 6.45) is -1.28. The highest BCUT2D eigenvalue weighted by Crippen LogP contribution is 2.02. The predicted molar refractivity (Wildman–Crippen MR) is 95.8 cm³/mol. The van der Waals surface area contributed by atoms with E-state index in [1.54, 1.807) is 12.1 Å². The Morgan fingerprint density at radius 2 is 1.96 bits per heavy atom. The van der Waals surface area contributed by atoms with Gasteiger partial charge >= 0.3 is 6.09 Å². The number of alkyl carbamates (subject to hydrolysis) is 1. The zero-order chi connectivity index (χ0) is 20.1. The second-order valence-corrected chi connectivity index (χ2v) is 5.87. The van der Waals surface area contributed by atoms with Gasteiger partial charge in [-0.2, -0.15) is 5.26 Å². The highest BCUT2D eigenvalue weighted by molar-refractivity contribution is 5.86. The molecule has 0 saturated heterocycles. The van der Waals surface area contributed by atoms with Crippen molar-refractivity contribution in [3.05, 3.63) is 35.9 Å². The number of carbonyl (C=O) groups excluding carboxylic acids is 3. The number of nitriles is 1. The van der Waals surface area contributed by atoms with Gasteiger partial charge in [0.15, 0.2) is 0 Å². The van der Waals surface area contributed by atoms with E-state index in [1.807, 2.05) is 24.3 Å². The van der Waals surface area contributed by atoms with E-state index in [-0.39, 0.29) is 32.4 Å². The molecule has 146 valence electrons. The summed E-state index contributed by atoms with van der Waals surface area (Å²) in [5.41, 5.74) is 6.03. The second kappa shape index (κ2) is 12.3. The largest absolute Gasteiger partial charge is 0.445 e. The molecule has 0 bridgehead atoms. The normalized spacial score (nSPS) is 12.3. The fourth-order valence-electron chi connectivity index (χ4n) is 2.19. The van der Waals surface area contributed by atoms with E-state index >= 15 is 0 Å². The molecule has 3 amide bonds. The number of aliphatic hydroxyl groups is 1.